The van der Waals surface area contributed by atoms with Crippen molar-refractivity contribution in [1.29, 1.82) is 0 Å². The Morgan fingerprint density at radius 2 is 1.75 bits per heavy atom. The highest BCUT2D eigenvalue weighted by atomic mass is 16.6. The number of nitrogens with one attached hydrogen (secondary N) is 1. The minimum absolute atomic E-state index is 0.0860. The van der Waals surface area contributed by atoms with Crippen LogP contribution in [0.5, 0.6) is 11.5 Å². The average molecular weight is 381 g/mol. The first-order valence-corrected chi connectivity index (χ1v) is 9.50. The molecule has 1 aliphatic rings. The van der Waals surface area contributed by atoms with Gasteiger partial charge in [0.2, 0.25) is 5.91 Å². The Balaban J connectivity index is 1.35. The van der Waals surface area contributed by atoms with E-state index in [0.717, 1.165) is 16.8 Å². The molecular formula is C21H23N3O4. The maximum absolute atomic E-state index is 12.6. The number of para-hydroxylation sites is 4. The van der Waals surface area contributed by atoms with Gasteiger partial charge in [0.1, 0.15) is 12.7 Å². The number of amides is 1. The van der Waals surface area contributed by atoms with E-state index in [1.54, 1.807) is 9.13 Å². The predicted molar refractivity (Wildman–Crippen MR) is 106 cm³/mol. The fourth-order valence-corrected chi connectivity index (χ4v) is 3.49. The van der Waals surface area contributed by atoms with Crippen molar-refractivity contribution in [2.24, 2.45) is 0 Å². The molecule has 28 heavy (non-hydrogen) atoms. The van der Waals surface area contributed by atoms with E-state index in [2.05, 4.69) is 5.32 Å². The summed E-state index contributed by atoms with van der Waals surface area (Å²) >= 11 is 0. The number of hydrogen-bond acceptors (Lipinski definition) is 4. The topological polar surface area (TPSA) is 74.5 Å². The average Bonchev–Trinajstić information content (AvgIpc) is 3.01. The highest BCUT2D eigenvalue weighted by molar-refractivity contribution is 5.78. The number of hydrogen-bond donors (Lipinski definition) is 1. The molecule has 7 heteroatoms. The molecule has 0 saturated carbocycles. The number of aryl methyl sites for hydroxylation is 2. The van der Waals surface area contributed by atoms with Crippen molar-refractivity contribution in [3.8, 4) is 11.5 Å². The van der Waals surface area contributed by atoms with Crippen LogP contribution in [0, 0.1) is 0 Å². The third-order valence-corrected chi connectivity index (χ3v) is 4.90. The molecule has 1 atom stereocenters. The Kier molecular flexibility index (Phi) is 5.06. The monoisotopic (exact) mass is 381 g/mol. The zero-order chi connectivity index (χ0) is 19.5. The van der Waals surface area contributed by atoms with Gasteiger partial charge in [-0.3, -0.25) is 13.9 Å². The Bertz CT molecular complexity index is 1050. The molecule has 2 heterocycles. The van der Waals surface area contributed by atoms with E-state index in [0.29, 0.717) is 32.0 Å². The van der Waals surface area contributed by atoms with Gasteiger partial charge in [0, 0.05) is 19.5 Å². The molecule has 0 spiro atoms. The van der Waals surface area contributed by atoms with Crippen LogP contribution in [0.2, 0.25) is 0 Å². The molecule has 4 rings (SSSR count). The summed E-state index contributed by atoms with van der Waals surface area (Å²) in [7, 11) is 0. The number of fused-ring (bicyclic) bond motifs is 2. The van der Waals surface area contributed by atoms with Crippen LogP contribution in [0.1, 0.15) is 13.3 Å². The number of rotatable bonds is 6. The lowest BCUT2D eigenvalue weighted by Crippen LogP contribution is -2.41. The second-order valence-electron chi connectivity index (χ2n) is 6.72. The molecule has 3 aromatic rings. The Morgan fingerprint density at radius 1 is 1.07 bits per heavy atom. The molecule has 0 radical (unpaired) electrons. The molecule has 1 N–H and O–H groups in total. The molecule has 1 unspecified atom stereocenters. The quantitative estimate of drug-likeness (QED) is 0.710. The molecule has 2 aromatic carbocycles. The zero-order valence-corrected chi connectivity index (χ0v) is 15.8. The number of nitrogens with zero attached hydrogens (tertiary/aromatic N) is 2. The van der Waals surface area contributed by atoms with Gasteiger partial charge in [0.05, 0.1) is 17.6 Å². The van der Waals surface area contributed by atoms with Crippen LogP contribution in [0.15, 0.2) is 53.3 Å². The van der Waals surface area contributed by atoms with Crippen LogP contribution >= 0.6 is 0 Å². The summed E-state index contributed by atoms with van der Waals surface area (Å²) in [6.07, 6.45) is -0.00880. The molecule has 1 amide bonds. The fraction of sp³-hybridized carbons (Fsp3) is 0.333. The summed E-state index contributed by atoms with van der Waals surface area (Å²) in [4.78, 5) is 24.9. The van der Waals surface area contributed by atoms with E-state index in [1.807, 2.05) is 55.5 Å². The highest BCUT2D eigenvalue weighted by Gasteiger charge is 2.21. The molecule has 1 aromatic heterocycles. The lowest BCUT2D eigenvalue weighted by atomic mass is 10.2. The summed E-state index contributed by atoms with van der Waals surface area (Å²) in [5.74, 6) is 1.28. The van der Waals surface area contributed by atoms with Crippen molar-refractivity contribution < 1.29 is 14.3 Å². The summed E-state index contributed by atoms with van der Waals surface area (Å²) in [5.41, 5.74) is 1.65. The smallest absolute Gasteiger partial charge is 0.329 e. The Morgan fingerprint density at radius 3 is 2.50 bits per heavy atom. The van der Waals surface area contributed by atoms with E-state index in [-0.39, 0.29) is 24.1 Å². The first kappa shape index (κ1) is 18.2. The van der Waals surface area contributed by atoms with Crippen molar-refractivity contribution in [3.63, 3.8) is 0 Å². The van der Waals surface area contributed by atoms with Crippen molar-refractivity contribution >= 4 is 16.9 Å². The predicted octanol–water partition coefficient (Wildman–Crippen LogP) is 2.17. The summed E-state index contributed by atoms with van der Waals surface area (Å²) in [6, 6.07) is 15.1. The van der Waals surface area contributed by atoms with Crippen molar-refractivity contribution in [3.05, 3.63) is 59.0 Å². The van der Waals surface area contributed by atoms with Gasteiger partial charge in [-0.2, -0.15) is 0 Å². The van der Waals surface area contributed by atoms with Gasteiger partial charge in [0.25, 0.3) is 0 Å². The number of carbonyl (C=O) groups is 1. The van der Waals surface area contributed by atoms with Crippen molar-refractivity contribution in [1.82, 2.24) is 14.5 Å². The molecule has 7 nitrogen and oxygen atoms in total. The number of benzene rings is 2. The fourth-order valence-electron chi connectivity index (χ4n) is 3.49. The minimum Gasteiger partial charge on any atom is -0.486 e. The maximum Gasteiger partial charge on any atom is 0.329 e. The van der Waals surface area contributed by atoms with Crippen LogP contribution in [0.4, 0.5) is 0 Å². The maximum atomic E-state index is 12.6. The van der Waals surface area contributed by atoms with E-state index >= 15 is 0 Å². The number of imidazole rings is 1. The van der Waals surface area contributed by atoms with E-state index in [1.165, 1.54) is 0 Å². The van der Waals surface area contributed by atoms with Gasteiger partial charge in [-0.1, -0.05) is 24.3 Å². The SMILES string of the molecule is CCn1c(=O)n(CCC(=O)NCC2COc3ccccc3O2)c2ccccc21. The van der Waals surface area contributed by atoms with Gasteiger partial charge in [-0.15, -0.1) is 0 Å². The van der Waals surface area contributed by atoms with E-state index in [9.17, 15) is 9.59 Å². The first-order chi connectivity index (χ1) is 13.7. The lowest BCUT2D eigenvalue weighted by molar-refractivity contribution is -0.121. The van der Waals surface area contributed by atoms with Gasteiger partial charge in [-0.05, 0) is 31.2 Å². The van der Waals surface area contributed by atoms with Crippen LogP contribution < -0.4 is 20.5 Å². The number of carbonyl (C=O) groups excluding carboxylic acids is 1. The highest BCUT2D eigenvalue weighted by Crippen LogP contribution is 2.30. The van der Waals surface area contributed by atoms with Crippen molar-refractivity contribution in [2.75, 3.05) is 13.2 Å². The van der Waals surface area contributed by atoms with Crippen LogP contribution in [0.3, 0.4) is 0 Å². The van der Waals surface area contributed by atoms with Gasteiger partial charge < -0.3 is 14.8 Å². The van der Waals surface area contributed by atoms with Gasteiger partial charge >= 0.3 is 5.69 Å². The second kappa shape index (κ2) is 7.80. The van der Waals surface area contributed by atoms with Crippen molar-refractivity contribution in [2.45, 2.75) is 32.5 Å². The lowest BCUT2D eigenvalue weighted by Gasteiger charge is -2.26. The molecular weight excluding hydrogens is 358 g/mol. The largest absolute Gasteiger partial charge is 0.486 e. The molecule has 0 saturated heterocycles. The van der Waals surface area contributed by atoms with Gasteiger partial charge in [-0.25, -0.2) is 4.79 Å². The standard InChI is InChI=1S/C21H23N3O4/c1-2-23-16-7-3-4-8-17(16)24(21(23)26)12-11-20(25)22-13-15-14-27-18-9-5-6-10-19(18)28-15/h3-10,15H,2,11-14H2,1H3,(H,22,25). The van der Waals surface area contributed by atoms with Gasteiger partial charge in [0.15, 0.2) is 11.5 Å². The molecule has 0 bridgehead atoms. The Labute approximate surface area is 162 Å². The zero-order valence-electron chi connectivity index (χ0n) is 15.8. The minimum atomic E-state index is -0.233. The van der Waals surface area contributed by atoms with E-state index < -0.39 is 0 Å². The molecule has 146 valence electrons. The van der Waals surface area contributed by atoms with Crippen LogP contribution in [-0.2, 0) is 17.9 Å². The molecule has 1 aliphatic heterocycles. The normalized spacial score (nSPS) is 15.5. The first-order valence-electron chi connectivity index (χ1n) is 9.50. The second-order valence-corrected chi connectivity index (χ2v) is 6.72. The summed E-state index contributed by atoms with van der Waals surface area (Å²) < 4.78 is 14.9. The number of ether oxygens (including phenoxy) is 2. The molecule has 0 aliphatic carbocycles. The summed E-state index contributed by atoms with van der Waals surface area (Å²) in [5, 5.41) is 2.88. The third kappa shape index (κ3) is 3.47. The molecule has 0 fully saturated rings. The third-order valence-electron chi connectivity index (χ3n) is 4.90. The van der Waals surface area contributed by atoms with E-state index in [4.69, 9.17) is 9.47 Å². The van der Waals surface area contributed by atoms with Crippen LogP contribution in [0.25, 0.3) is 11.0 Å². The Hall–Kier alpha value is -3.22. The number of aromatic nitrogens is 2. The summed E-state index contributed by atoms with van der Waals surface area (Å²) in [6.45, 7) is 3.62. The van der Waals surface area contributed by atoms with Crippen LogP contribution in [-0.4, -0.2) is 34.3 Å².